The summed E-state index contributed by atoms with van der Waals surface area (Å²) < 4.78 is 26.8. The molecule has 0 atom stereocenters. The quantitative estimate of drug-likeness (QED) is 0.842. The predicted octanol–water partition coefficient (Wildman–Crippen LogP) is 3.92. The Balaban J connectivity index is 2.31. The van der Waals surface area contributed by atoms with E-state index in [9.17, 15) is 13.6 Å². The van der Waals surface area contributed by atoms with Crippen LogP contribution in [-0.2, 0) is 0 Å². The molecule has 0 saturated heterocycles. The summed E-state index contributed by atoms with van der Waals surface area (Å²) in [5, 5.41) is 2.67. The molecule has 0 fully saturated rings. The highest BCUT2D eigenvalue weighted by molar-refractivity contribution is 6.04. The maximum Gasteiger partial charge on any atom is 0.255 e. The molecule has 3 N–H and O–H groups in total. The Bertz CT molecular complexity index is 661. The lowest BCUT2D eigenvalue weighted by Gasteiger charge is -2.14. The number of halogens is 2. The molecule has 0 unspecified atom stereocenters. The minimum absolute atomic E-state index is 0.113. The molecule has 0 aliphatic carbocycles. The standard InChI is InChI=1S/C16H16F2N2O/c1-9(2)11-5-3-4-6-14(11)20-16(21)10-7-12(17)15(19)13(18)8-10/h3-9H,19H2,1-2H3,(H,20,21). The molecule has 0 bridgehead atoms. The highest BCUT2D eigenvalue weighted by Crippen LogP contribution is 2.25. The van der Waals surface area contributed by atoms with E-state index in [-0.39, 0.29) is 11.5 Å². The Morgan fingerprint density at radius 3 is 2.29 bits per heavy atom. The van der Waals surface area contributed by atoms with E-state index in [0.717, 1.165) is 17.7 Å². The third-order valence-corrected chi connectivity index (χ3v) is 3.17. The third kappa shape index (κ3) is 3.18. The van der Waals surface area contributed by atoms with E-state index in [1.165, 1.54) is 0 Å². The topological polar surface area (TPSA) is 55.1 Å². The molecule has 110 valence electrons. The number of nitrogen functional groups attached to an aromatic ring is 1. The van der Waals surface area contributed by atoms with Crippen molar-refractivity contribution in [2.24, 2.45) is 0 Å². The number of carbonyl (C=O) groups excluding carboxylic acids is 1. The number of carbonyl (C=O) groups is 1. The van der Waals surface area contributed by atoms with Gasteiger partial charge in [-0.15, -0.1) is 0 Å². The first-order chi connectivity index (χ1) is 9.90. The summed E-state index contributed by atoms with van der Waals surface area (Å²) >= 11 is 0. The van der Waals surface area contributed by atoms with Crippen LogP contribution in [0.15, 0.2) is 36.4 Å². The number of nitrogens with one attached hydrogen (secondary N) is 1. The van der Waals surface area contributed by atoms with Gasteiger partial charge in [-0.3, -0.25) is 4.79 Å². The molecule has 2 rings (SSSR count). The SMILES string of the molecule is CC(C)c1ccccc1NC(=O)c1cc(F)c(N)c(F)c1. The van der Waals surface area contributed by atoms with Crippen molar-refractivity contribution in [2.45, 2.75) is 19.8 Å². The van der Waals surface area contributed by atoms with Crippen molar-refractivity contribution in [1.82, 2.24) is 0 Å². The van der Waals surface area contributed by atoms with E-state index in [4.69, 9.17) is 5.73 Å². The van der Waals surface area contributed by atoms with Crippen LogP contribution < -0.4 is 11.1 Å². The lowest BCUT2D eigenvalue weighted by Crippen LogP contribution is -2.15. The van der Waals surface area contributed by atoms with Crippen molar-refractivity contribution >= 4 is 17.3 Å². The summed E-state index contributed by atoms with van der Waals surface area (Å²) in [6.45, 7) is 3.99. The molecule has 0 saturated carbocycles. The lowest BCUT2D eigenvalue weighted by atomic mass is 10.0. The molecule has 0 spiro atoms. The van der Waals surface area contributed by atoms with Gasteiger partial charge >= 0.3 is 0 Å². The average Bonchev–Trinajstić information content (AvgIpc) is 2.44. The minimum Gasteiger partial charge on any atom is -0.394 e. The van der Waals surface area contributed by atoms with E-state index in [1.54, 1.807) is 12.1 Å². The van der Waals surface area contributed by atoms with Gasteiger partial charge in [-0.05, 0) is 29.7 Å². The van der Waals surface area contributed by atoms with Gasteiger partial charge in [-0.25, -0.2) is 8.78 Å². The molecule has 0 aliphatic rings. The maximum absolute atomic E-state index is 13.4. The summed E-state index contributed by atoms with van der Waals surface area (Å²) in [6, 6.07) is 9.14. The van der Waals surface area contributed by atoms with Crippen LogP contribution in [-0.4, -0.2) is 5.91 Å². The Kier molecular flexibility index (Phi) is 4.21. The zero-order chi connectivity index (χ0) is 15.6. The van der Waals surface area contributed by atoms with E-state index in [1.807, 2.05) is 26.0 Å². The first kappa shape index (κ1) is 15.0. The van der Waals surface area contributed by atoms with Crippen molar-refractivity contribution < 1.29 is 13.6 Å². The van der Waals surface area contributed by atoms with Crippen LogP contribution in [0.2, 0.25) is 0 Å². The van der Waals surface area contributed by atoms with Gasteiger partial charge in [0, 0.05) is 11.3 Å². The number of nitrogens with two attached hydrogens (primary N) is 1. The van der Waals surface area contributed by atoms with Gasteiger partial charge in [0.05, 0.1) is 0 Å². The molecule has 2 aromatic rings. The second-order valence-corrected chi connectivity index (χ2v) is 5.05. The molecule has 21 heavy (non-hydrogen) atoms. The number of amides is 1. The maximum atomic E-state index is 13.4. The molecular weight excluding hydrogens is 274 g/mol. The van der Waals surface area contributed by atoms with Gasteiger partial charge in [0.15, 0.2) is 0 Å². The number of benzene rings is 2. The summed E-state index contributed by atoms with van der Waals surface area (Å²) in [5.74, 6) is -2.27. The Labute approximate surface area is 121 Å². The second kappa shape index (κ2) is 5.91. The lowest BCUT2D eigenvalue weighted by molar-refractivity contribution is 0.102. The number of hydrogen-bond donors (Lipinski definition) is 2. The molecule has 0 heterocycles. The smallest absolute Gasteiger partial charge is 0.255 e. The van der Waals surface area contributed by atoms with Gasteiger partial charge in [-0.2, -0.15) is 0 Å². The van der Waals surface area contributed by atoms with Gasteiger partial charge in [0.25, 0.3) is 5.91 Å². The number of hydrogen-bond acceptors (Lipinski definition) is 2. The number of rotatable bonds is 3. The van der Waals surface area contributed by atoms with Crippen molar-refractivity contribution in [3.63, 3.8) is 0 Å². The van der Waals surface area contributed by atoms with Gasteiger partial charge in [-0.1, -0.05) is 32.0 Å². The highest BCUT2D eigenvalue weighted by atomic mass is 19.1. The number of para-hydroxylation sites is 1. The van der Waals surface area contributed by atoms with E-state index in [2.05, 4.69) is 5.32 Å². The van der Waals surface area contributed by atoms with Gasteiger partial charge < -0.3 is 11.1 Å². The Morgan fingerprint density at radius 2 is 1.71 bits per heavy atom. The Hall–Kier alpha value is -2.43. The molecule has 1 amide bonds. The summed E-state index contributed by atoms with van der Waals surface area (Å²) in [6.07, 6.45) is 0. The van der Waals surface area contributed by atoms with Crippen LogP contribution in [0.1, 0.15) is 35.7 Å². The summed E-state index contributed by atoms with van der Waals surface area (Å²) in [7, 11) is 0. The normalized spacial score (nSPS) is 10.7. The molecule has 3 nitrogen and oxygen atoms in total. The van der Waals surface area contributed by atoms with E-state index < -0.39 is 23.2 Å². The molecule has 0 aliphatic heterocycles. The monoisotopic (exact) mass is 290 g/mol. The zero-order valence-corrected chi connectivity index (χ0v) is 11.8. The van der Waals surface area contributed by atoms with Crippen LogP contribution in [0.4, 0.5) is 20.2 Å². The van der Waals surface area contributed by atoms with Crippen LogP contribution in [0.3, 0.4) is 0 Å². The number of anilines is 2. The zero-order valence-electron chi connectivity index (χ0n) is 11.8. The van der Waals surface area contributed by atoms with E-state index in [0.29, 0.717) is 5.69 Å². The fraction of sp³-hybridized carbons (Fsp3) is 0.188. The summed E-state index contributed by atoms with van der Waals surface area (Å²) in [4.78, 5) is 12.1. The second-order valence-electron chi connectivity index (χ2n) is 5.05. The fourth-order valence-corrected chi connectivity index (χ4v) is 2.02. The minimum atomic E-state index is -0.947. The first-order valence-electron chi connectivity index (χ1n) is 6.55. The molecular formula is C16H16F2N2O. The first-order valence-corrected chi connectivity index (χ1v) is 6.55. The molecule has 2 aromatic carbocycles. The van der Waals surface area contributed by atoms with Crippen LogP contribution in [0, 0.1) is 11.6 Å². The van der Waals surface area contributed by atoms with Crippen molar-refractivity contribution in [1.29, 1.82) is 0 Å². The van der Waals surface area contributed by atoms with Gasteiger partial charge in [0.1, 0.15) is 17.3 Å². The van der Waals surface area contributed by atoms with Crippen LogP contribution >= 0.6 is 0 Å². The fourth-order valence-electron chi connectivity index (χ4n) is 2.02. The average molecular weight is 290 g/mol. The van der Waals surface area contributed by atoms with Crippen LogP contribution in [0.5, 0.6) is 0 Å². The van der Waals surface area contributed by atoms with Crippen LogP contribution in [0.25, 0.3) is 0 Å². The van der Waals surface area contributed by atoms with Crippen molar-refractivity contribution in [2.75, 3.05) is 11.1 Å². The Morgan fingerprint density at radius 1 is 1.14 bits per heavy atom. The highest BCUT2D eigenvalue weighted by Gasteiger charge is 2.15. The molecule has 0 radical (unpaired) electrons. The van der Waals surface area contributed by atoms with Gasteiger partial charge in [0.2, 0.25) is 0 Å². The van der Waals surface area contributed by atoms with Crippen molar-refractivity contribution in [3.05, 3.63) is 59.2 Å². The predicted molar refractivity (Wildman–Crippen MR) is 79.3 cm³/mol. The molecule has 5 heteroatoms. The molecule has 0 aromatic heterocycles. The largest absolute Gasteiger partial charge is 0.394 e. The summed E-state index contributed by atoms with van der Waals surface area (Å²) in [5.41, 5.74) is 6.05. The van der Waals surface area contributed by atoms with Crippen molar-refractivity contribution in [3.8, 4) is 0 Å². The third-order valence-electron chi connectivity index (χ3n) is 3.17. The van der Waals surface area contributed by atoms with E-state index >= 15 is 0 Å².